The molecule has 8 heteroatoms. The van der Waals surface area contributed by atoms with Gasteiger partial charge < -0.3 is 24.8 Å². The number of aliphatic carboxylic acids is 1. The van der Waals surface area contributed by atoms with Gasteiger partial charge >= 0.3 is 30.8 Å². The third kappa shape index (κ3) is 11.1. The van der Waals surface area contributed by atoms with Crippen LogP contribution in [0, 0.1) is 0 Å². The first-order valence-electron chi connectivity index (χ1n) is 6.57. The van der Waals surface area contributed by atoms with E-state index in [1.54, 1.807) is 6.92 Å². The quantitative estimate of drug-likeness (QED) is 0.393. The molecule has 128 valence electrons. The van der Waals surface area contributed by atoms with Crippen LogP contribution >= 0.6 is 0 Å². The standard InChI is InChI=1S/C8H12O3.C6H8O3.CH4.Li.H2O/c1-2-10-8(9)7-5-3-4-6-11-7;7-6(8)5-3-1-2-4-9-5;;;/h3-4,7H,2,5-6H2,1H3;1-2,5H,3-4H2,(H,7,8);1H4;;1H2/q;;;+1;/p-1. The number of esters is 1. The van der Waals surface area contributed by atoms with Crippen molar-refractivity contribution >= 4 is 11.9 Å². The molecule has 2 heterocycles. The summed E-state index contributed by atoms with van der Waals surface area (Å²) in [6.07, 6.45) is 7.62. The Balaban J connectivity index is -0.000000312. The summed E-state index contributed by atoms with van der Waals surface area (Å²) in [4.78, 5) is 21.2. The minimum absolute atomic E-state index is 0. The predicted molar refractivity (Wildman–Crippen MR) is 79.9 cm³/mol. The van der Waals surface area contributed by atoms with Crippen LogP contribution in [0.3, 0.4) is 0 Å². The van der Waals surface area contributed by atoms with E-state index in [0.29, 0.717) is 32.7 Å². The van der Waals surface area contributed by atoms with Crippen LogP contribution in [0.4, 0.5) is 0 Å². The van der Waals surface area contributed by atoms with Gasteiger partial charge in [-0.25, -0.2) is 9.59 Å². The van der Waals surface area contributed by atoms with Gasteiger partial charge in [0.2, 0.25) is 0 Å². The first kappa shape index (κ1) is 26.8. The smallest absolute Gasteiger partial charge is 0.870 e. The summed E-state index contributed by atoms with van der Waals surface area (Å²) in [5.74, 6) is -1.13. The van der Waals surface area contributed by atoms with E-state index in [4.69, 9.17) is 19.3 Å². The van der Waals surface area contributed by atoms with Crippen LogP contribution in [0.15, 0.2) is 24.3 Å². The number of hydrogen-bond acceptors (Lipinski definition) is 6. The van der Waals surface area contributed by atoms with Crippen LogP contribution < -0.4 is 18.9 Å². The van der Waals surface area contributed by atoms with E-state index in [9.17, 15) is 9.59 Å². The number of carbonyl (C=O) groups is 2. The second-order valence-electron chi connectivity index (χ2n) is 4.15. The molecule has 0 aromatic rings. The Morgan fingerprint density at radius 3 is 1.87 bits per heavy atom. The topological polar surface area (TPSA) is 112 Å². The minimum atomic E-state index is -0.876. The molecular formula is C15H25LiO7. The number of carbonyl (C=O) groups excluding carboxylic acids is 1. The van der Waals surface area contributed by atoms with Gasteiger partial charge in [0.25, 0.3) is 0 Å². The summed E-state index contributed by atoms with van der Waals surface area (Å²) >= 11 is 0. The fourth-order valence-electron chi connectivity index (χ4n) is 1.63. The summed E-state index contributed by atoms with van der Waals surface area (Å²) in [5.41, 5.74) is 0. The van der Waals surface area contributed by atoms with Crippen molar-refractivity contribution in [3.63, 3.8) is 0 Å². The van der Waals surface area contributed by atoms with Gasteiger partial charge in [0, 0.05) is 12.8 Å². The van der Waals surface area contributed by atoms with Gasteiger partial charge in [-0.1, -0.05) is 31.7 Å². The van der Waals surface area contributed by atoms with Crippen LogP contribution in [0.1, 0.15) is 27.2 Å². The molecule has 2 aliphatic heterocycles. The summed E-state index contributed by atoms with van der Waals surface area (Å²) in [6.45, 7) is 3.15. The normalized spacial score (nSPS) is 21.3. The van der Waals surface area contributed by atoms with Crippen LogP contribution in [0.2, 0.25) is 0 Å². The van der Waals surface area contributed by atoms with Gasteiger partial charge in [-0.3, -0.25) is 0 Å². The molecule has 2 aliphatic rings. The molecule has 0 saturated heterocycles. The molecule has 0 fully saturated rings. The van der Waals surface area contributed by atoms with E-state index < -0.39 is 12.1 Å². The van der Waals surface area contributed by atoms with Gasteiger partial charge in [-0.05, 0) is 6.92 Å². The molecule has 0 aliphatic carbocycles. The summed E-state index contributed by atoms with van der Waals surface area (Å²) < 4.78 is 14.8. The summed E-state index contributed by atoms with van der Waals surface area (Å²) in [6, 6.07) is 0. The third-order valence-corrected chi connectivity index (χ3v) is 2.65. The number of ether oxygens (including phenoxy) is 3. The predicted octanol–water partition coefficient (Wildman–Crippen LogP) is -1.23. The molecule has 23 heavy (non-hydrogen) atoms. The van der Waals surface area contributed by atoms with Crippen molar-refractivity contribution in [2.24, 2.45) is 0 Å². The van der Waals surface area contributed by atoms with E-state index in [0.717, 1.165) is 0 Å². The van der Waals surface area contributed by atoms with E-state index >= 15 is 0 Å². The first-order chi connectivity index (χ1) is 9.65. The minimum Gasteiger partial charge on any atom is -0.870 e. The molecule has 0 amide bonds. The van der Waals surface area contributed by atoms with Crippen molar-refractivity contribution in [3.05, 3.63) is 24.3 Å². The Kier molecular flexibility index (Phi) is 18.4. The van der Waals surface area contributed by atoms with Gasteiger partial charge in [-0.15, -0.1) is 0 Å². The second-order valence-corrected chi connectivity index (χ2v) is 4.15. The number of carboxylic acid groups (broad SMARTS) is 1. The summed E-state index contributed by atoms with van der Waals surface area (Å²) in [7, 11) is 0. The molecule has 0 spiro atoms. The van der Waals surface area contributed by atoms with E-state index in [1.807, 2.05) is 24.3 Å². The fourth-order valence-corrected chi connectivity index (χ4v) is 1.63. The van der Waals surface area contributed by atoms with Gasteiger partial charge in [-0.2, -0.15) is 0 Å². The van der Waals surface area contributed by atoms with Crippen LogP contribution in [-0.4, -0.2) is 54.5 Å². The van der Waals surface area contributed by atoms with Gasteiger partial charge in [0.15, 0.2) is 12.2 Å². The number of hydrogen-bond donors (Lipinski definition) is 1. The van der Waals surface area contributed by atoms with Crippen molar-refractivity contribution in [2.75, 3.05) is 19.8 Å². The molecule has 0 saturated carbocycles. The zero-order chi connectivity index (χ0) is 14.8. The molecule has 2 rings (SSSR count). The fraction of sp³-hybridized carbons (Fsp3) is 0.600. The van der Waals surface area contributed by atoms with E-state index in [2.05, 4.69) is 0 Å². The van der Waals surface area contributed by atoms with Gasteiger partial charge in [0.1, 0.15) is 0 Å². The number of rotatable bonds is 3. The Morgan fingerprint density at radius 2 is 1.57 bits per heavy atom. The first-order valence-corrected chi connectivity index (χ1v) is 6.57. The summed E-state index contributed by atoms with van der Waals surface area (Å²) in [5, 5.41) is 8.38. The van der Waals surface area contributed by atoms with Crippen LogP contribution in [0.5, 0.6) is 0 Å². The molecule has 0 bridgehead atoms. The number of carboxylic acids is 1. The monoisotopic (exact) mass is 324 g/mol. The van der Waals surface area contributed by atoms with Crippen LogP contribution in [0.25, 0.3) is 0 Å². The van der Waals surface area contributed by atoms with Crippen molar-refractivity contribution < 1.29 is 53.2 Å². The Morgan fingerprint density at radius 1 is 1.09 bits per heavy atom. The molecule has 0 radical (unpaired) electrons. The average molecular weight is 324 g/mol. The zero-order valence-electron chi connectivity index (χ0n) is 12.9. The largest absolute Gasteiger partial charge is 1.00 e. The maximum absolute atomic E-state index is 11.0. The molecule has 2 N–H and O–H groups in total. The maximum Gasteiger partial charge on any atom is 1.00 e. The van der Waals surface area contributed by atoms with E-state index in [1.165, 1.54) is 0 Å². The maximum atomic E-state index is 11.0. The molecule has 0 aromatic carbocycles. The second kappa shape index (κ2) is 15.8. The Bertz CT molecular complexity index is 382. The molecule has 2 atom stereocenters. The molecule has 2 unspecified atom stereocenters. The Labute approximate surface area is 149 Å². The average Bonchev–Trinajstić information content (AvgIpc) is 2.50. The van der Waals surface area contributed by atoms with Crippen molar-refractivity contribution in [1.82, 2.24) is 0 Å². The molecule has 7 nitrogen and oxygen atoms in total. The van der Waals surface area contributed by atoms with Crippen molar-refractivity contribution in [3.8, 4) is 0 Å². The molecular weight excluding hydrogens is 299 g/mol. The van der Waals surface area contributed by atoms with Crippen molar-refractivity contribution in [2.45, 2.75) is 39.4 Å². The SMILES string of the molecule is C.CCOC(=O)C1CC=CCO1.O=C(O)C1CC=CCO1.[Li+].[OH-]. The molecule has 0 aromatic heterocycles. The van der Waals surface area contributed by atoms with Crippen LogP contribution in [-0.2, 0) is 23.8 Å². The zero-order valence-corrected chi connectivity index (χ0v) is 12.9. The van der Waals surface area contributed by atoms with E-state index in [-0.39, 0.29) is 43.8 Å². The Hall–Kier alpha value is -1.10. The van der Waals surface area contributed by atoms with Gasteiger partial charge in [0.05, 0.1) is 19.8 Å². The van der Waals surface area contributed by atoms with Crippen molar-refractivity contribution in [1.29, 1.82) is 0 Å². The third-order valence-electron chi connectivity index (χ3n) is 2.65.